The van der Waals surface area contributed by atoms with Gasteiger partial charge in [0.15, 0.2) is 11.4 Å². The number of morpholine rings is 1. The number of phenolic OH excluding ortho intramolecular Hbond substituents is 1. The molecule has 3 amide bonds. The second-order valence-electron chi connectivity index (χ2n) is 11.3. The summed E-state index contributed by atoms with van der Waals surface area (Å²) in [5, 5.41) is 48.1. The largest absolute Gasteiger partial charge is 0.510 e. The van der Waals surface area contributed by atoms with E-state index in [4.69, 9.17) is 16.2 Å². The first-order valence-electron chi connectivity index (χ1n) is 13.7. The first-order chi connectivity index (χ1) is 20.3. The summed E-state index contributed by atoms with van der Waals surface area (Å²) in [6, 6.07) is 2.26. The molecule has 1 saturated heterocycles. The standard InChI is InChI=1S/C29H33N5O9/c1-33(2)21-17-11-14-10-16-15(12-32-28(41)34-5-7-43-8-6-34)9-13(3-4-30)22(35)19(16)23(36)18(14)25(38)29(17,42)26(39)20(24(21)37)27(31)40/h9,14,17,21,35,37-38,42H,5-8,10-12,30H2,1-2H3,(H2,31,40)(H,32,41)/t14-,17-,21-,29-/m0/s1. The van der Waals surface area contributed by atoms with Crippen molar-refractivity contribution in [2.24, 2.45) is 23.3 Å². The van der Waals surface area contributed by atoms with Crippen LogP contribution in [-0.4, -0.2) is 106 Å². The highest BCUT2D eigenvalue weighted by molar-refractivity contribution is 6.24. The van der Waals surface area contributed by atoms with Crippen molar-refractivity contribution in [1.29, 1.82) is 0 Å². The number of nitrogens with one attached hydrogen (secondary N) is 1. The van der Waals surface area contributed by atoms with Crippen LogP contribution in [-0.2, 0) is 27.3 Å². The van der Waals surface area contributed by atoms with Crippen LogP contribution in [0.2, 0.25) is 0 Å². The molecule has 228 valence electrons. The van der Waals surface area contributed by atoms with E-state index in [-0.39, 0.29) is 42.1 Å². The molecule has 1 fully saturated rings. The number of ether oxygens (including phenoxy) is 1. The van der Waals surface area contributed by atoms with Gasteiger partial charge < -0.3 is 46.8 Å². The average molecular weight is 596 g/mol. The number of amides is 3. The zero-order valence-corrected chi connectivity index (χ0v) is 23.6. The van der Waals surface area contributed by atoms with Crippen LogP contribution < -0.4 is 16.8 Å². The topological polar surface area (TPSA) is 229 Å². The van der Waals surface area contributed by atoms with E-state index in [9.17, 15) is 39.6 Å². The maximum Gasteiger partial charge on any atom is 0.317 e. The lowest BCUT2D eigenvalue weighted by atomic mass is 9.58. The number of aliphatic hydroxyl groups is 3. The molecule has 0 bridgehead atoms. The molecule has 0 spiro atoms. The predicted molar refractivity (Wildman–Crippen MR) is 149 cm³/mol. The van der Waals surface area contributed by atoms with E-state index in [1.54, 1.807) is 19.0 Å². The summed E-state index contributed by atoms with van der Waals surface area (Å²) in [4.78, 5) is 55.5. The molecule has 9 N–H and O–H groups in total. The van der Waals surface area contributed by atoms with E-state index < -0.39 is 63.8 Å². The fraction of sp³-hybridized carbons (Fsp3) is 0.448. The Bertz CT molecular complexity index is 1560. The Morgan fingerprint density at radius 3 is 2.49 bits per heavy atom. The fourth-order valence-electron chi connectivity index (χ4n) is 6.78. The summed E-state index contributed by atoms with van der Waals surface area (Å²) in [5.74, 6) is -4.98. The molecule has 43 heavy (non-hydrogen) atoms. The monoisotopic (exact) mass is 595 g/mol. The van der Waals surface area contributed by atoms with Gasteiger partial charge in [0, 0.05) is 37.2 Å². The number of hydrogen-bond acceptors (Lipinski definition) is 11. The third kappa shape index (κ3) is 4.56. The van der Waals surface area contributed by atoms with Gasteiger partial charge in [-0.1, -0.05) is 0 Å². The fourth-order valence-corrected chi connectivity index (χ4v) is 6.78. The summed E-state index contributed by atoms with van der Waals surface area (Å²) < 4.78 is 5.29. The number of allylic oxidation sites excluding steroid dienone is 1. The van der Waals surface area contributed by atoms with Gasteiger partial charge in [-0.05, 0) is 56.0 Å². The Kier molecular flexibility index (Phi) is 7.59. The van der Waals surface area contributed by atoms with Crippen molar-refractivity contribution in [2.75, 3.05) is 40.4 Å². The molecule has 0 unspecified atom stereocenters. The molecule has 1 aromatic rings. The molecule has 0 aromatic heterocycles. The van der Waals surface area contributed by atoms with E-state index in [1.165, 1.54) is 11.0 Å². The first-order valence-corrected chi connectivity index (χ1v) is 13.7. The second-order valence-corrected chi connectivity index (χ2v) is 11.3. The van der Waals surface area contributed by atoms with Crippen LogP contribution in [0.1, 0.15) is 33.5 Å². The maximum absolute atomic E-state index is 14.0. The number of primary amides is 1. The van der Waals surface area contributed by atoms with Gasteiger partial charge in [0.25, 0.3) is 5.91 Å². The molecule has 0 radical (unpaired) electrons. The number of carbonyl (C=O) groups excluding carboxylic acids is 4. The van der Waals surface area contributed by atoms with Crippen LogP contribution in [0.5, 0.6) is 5.75 Å². The van der Waals surface area contributed by atoms with Crippen molar-refractivity contribution >= 4 is 23.5 Å². The third-order valence-electron chi connectivity index (χ3n) is 8.75. The number of likely N-dealkylation sites (N-methyl/N-ethyl adjacent to an activating group) is 1. The van der Waals surface area contributed by atoms with Crippen LogP contribution in [0.4, 0.5) is 4.79 Å². The Morgan fingerprint density at radius 2 is 1.88 bits per heavy atom. The van der Waals surface area contributed by atoms with E-state index in [0.717, 1.165) is 0 Å². The first kappa shape index (κ1) is 29.9. The predicted octanol–water partition coefficient (Wildman–Crippen LogP) is -1.07. The average Bonchev–Trinajstić information content (AvgIpc) is 2.95. The molecule has 1 heterocycles. The SMILES string of the molecule is CN(C)[C@@H]1C(O)=C(C(N)=O)C(=O)[C@@]2(O)C(O)=C3C(=O)c4c(O)c(C#CN)cc(CNC(=O)N5CCOCC5)c4C[C@H]3C[C@@H]12. The number of ketones is 2. The number of phenols is 1. The van der Waals surface area contributed by atoms with Gasteiger partial charge in [0.1, 0.15) is 22.8 Å². The van der Waals surface area contributed by atoms with Crippen molar-refractivity contribution < 1.29 is 44.3 Å². The van der Waals surface area contributed by atoms with Gasteiger partial charge in [0.2, 0.25) is 5.78 Å². The zero-order chi connectivity index (χ0) is 31.4. The summed E-state index contributed by atoms with van der Waals surface area (Å²) >= 11 is 0. The molecule has 14 heteroatoms. The van der Waals surface area contributed by atoms with Gasteiger partial charge in [0.05, 0.1) is 30.4 Å². The van der Waals surface area contributed by atoms with Gasteiger partial charge in [-0.2, -0.15) is 0 Å². The van der Waals surface area contributed by atoms with E-state index >= 15 is 0 Å². The molecule has 1 aromatic carbocycles. The highest BCUT2D eigenvalue weighted by Crippen LogP contribution is 2.52. The lowest BCUT2D eigenvalue weighted by Crippen LogP contribution is -2.63. The molecule has 1 aliphatic heterocycles. The normalized spacial score (nSPS) is 26.8. The quantitative estimate of drug-likeness (QED) is 0.126. The maximum atomic E-state index is 14.0. The molecule has 4 aliphatic rings. The number of urea groups is 1. The van der Waals surface area contributed by atoms with E-state index in [2.05, 4.69) is 17.3 Å². The number of fused-ring (bicyclic) bond motifs is 3. The minimum absolute atomic E-state index is 0.00134. The molecule has 5 rings (SSSR count). The van der Waals surface area contributed by atoms with Gasteiger partial charge in [-0.3, -0.25) is 19.3 Å². The Balaban J connectivity index is 1.62. The summed E-state index contributed by atoms with van der Waals surface area (Å²) in [6.07, 6.45) is 0.0116. The minimum Gasteiger partial charge on any atom is -0.510 e. The van der Waals surface area contributed by atoms with Crippen LogP contribution >= 0.6 is 0 Å². The van der Waals surface area contributed by atoms with Crippen molar-refractivity contribution in [2.45, 2.75) is 31.0 Å². The number of carbonyl (C=O) groups is 4. The molecular weight excluding hydrogens is 562 g/mol. The van der Waals surface area contributed by atoms with Crippen LogP contribution in [0.15, 0.2) is 28.7 Å². The van der Waals surface area contributed by atoms with Crippen LogP contribution in [0.3, 0.4) is 0 Å². The number of benzene rings is 1. The van der Waals surface area contributed by atoms with Gasteiger partial charge >= 0.3 is 6.03 Å². The number of Topliss-reactive ketones (excluding diaryl/α,β-unsaturated/α-hetero) is 2. The summed E-state index contributed by atoms with van der Waals surface area (Å²) in [5.41, 5.74) is 7.50. The zero-order valence-electron chi connectivity index (χ0n) is 23.6. The van der Waals surface area contributed by atoms with Crippen LogP contribution in [0.25, 0.3) is 0 Å². The number of hydrogen-bond donors (Lipinski definition) is 7. The Morgan fingerprint density at radius 1 is 1.21 bits per heavy atom. The Labute approximate surface area is 246 Å². The number of aliphatic hydroxyl groups excluding tert-OH is 2. The minimum atomic E-state index is -2.75. The molecule has 0 saturated carbocycles. The van der Waals surface area contributed by atoms with E-state index in [0.29, 0.717) is 37.4 Å². The van der Waals surface area contributed by atoms with Crippen molar-refractivity contribution in [3.63, 3.8) is 0 Å². The van der Waals surface area contributed by atoms with E-state index in [1.807, 2.05) is 0 Å². The number of aromatic hydroxyl groups is 1. The second kappa shape index (κ2) is 10.9. The molecule has 14 nitrogen and oxygen atoms in total. The molecule has 4 atom stereocenters. The van der Waals surface area contributed by atoms with Crippen molar-refractivity contribution in [3.8, 4) is 17.7 Å². The summed E-state index contributed by atoms with van der Waals surface area (Å²) in [6.45, 7) is 1.60. The third-order valence-corrected chi connectivity index (χ3v) is 8.75. The highest BCUT2D eigenvalue weighted by Gasteiger charge is 2.63. The highest BCUT2D eigenvalue weighted by atomic mass is 16.5. The van der Waals surface area contributed by atoms with Crippen molar-refractivity contribution in [1.82, 2.24) is 15.1 Å². The molecule has 3 aliphatic carbocycles. The summed E-state index contributed by atoms with van der Waals surface area (Å²) in [7, 11) is 3.11. The number of nitrogens with zero attached hydrogens (tertiary/aromatic N) is 2. The van der Waals surface area contributed by atoms with Gasteiger partial charge in [-0.25, -0.2) is 4.79 Å². The number of rotatable bonds is 4. The van der Waals surface area contributed by atoms with Gasteiger partial charge in [-0.15, -0.1) is 0 Å². The van der Waals surface area contributed by atoms with Crippen molar-refractivity contribution in [3.05, 3.63) is 51.0 Å². The number of nitrogens with two attached hydrogens (primary N) is 2. The molecular formula is C29H33N5O9. The Hall–Kier alpha value is -4.58. The lowest BCUT2D eigenvalue weighted by Gasteiger charge is -2.50. The lowest BCUT2D eigenvalue weighted by molar-refractivity contribution is -0.148. The smallest absolute Gasteiger partial charge is 0.317 e. The van der Waals surface area contributed by atoms with Crippen LogP contribution in [0, 0.1) is 23.8 Å².